The van der Waals surface area contributed by atoms with E-state index in [0.717, 1.165) is 38.0 Å². The van der Waals surface area contributed by atoms with Gasteiger partial charge in [-0.3, -0.25) is 0 Å². The van der Waals surface area contributed by atoms with Gasteiger partial charge in [0, 0.05) is 25.1 Å². The molecule has 0 bridgehead atoms. The van der Waals surface area contributed by atoms with Gasteiger partial charge in [0.1, 0.15) is 0 Å². The van der Waals surface area contributed by atoms with Crippen molar-refractivity contribution in [3.05, 3.63) is 0 Å². The van der Waals surface area contributed by atoms with Gasteiger partial charge < -0.3 is 10.1 Å². The predicted molar refractivity (Wildman–Crippen MR) is 74.7 cm³/mol. The van der Waals surface area contributed by atoms with Crippen molar-refractivity contribution >= 4 is 11.6 Å². The van der Waals surface area contributed by atoms with E-state index in [2.05, 4.69) is 19.2 Å². The van der Waals surface area contributed by atoms with Gasteiger partial charge in [0.15, 0.2) is 0 Å². The molecule has 2 unspecified atom stereocenters. The Labute approximate surface area is 111 Å². The quantitative estimate of drug-likeness (QED) is 0.534. The lowest BCUT2D eigenvalue weighted by atomic mass is 9.86. The maximum Gasteiger partial charge on any atom is 0.0591 e. The maximum atomic E-state index is 6.00. The largest absolute Gasteiger partial charge is 0.380 e. The standard InChI is InChI=1S/C14H28ClNO/c1-12(2)7-9-17-10-8-16-14-6-4-3-5-13(14)11-15/h12-14,16H,3-11H2,1-2H3. The van der Waals surface area contributed by atoms with E-state index in [1.54, 1.807) is 0 Å². The Morgan fingerprint density at radius 3 is 2.71 bits per heavy atom. The first-order chi connectivity index (χ1) is 8.24. The highest BCUT2D eigenvalue weighted by atomic mass is 35.5. The van der Waals surface area contributed by atoms with Crippen LogP contribution in [0, 0.1) is 11.8 Å². The van der Waals surface area contributed by atoms with E-state index < -0.39 is 0 Å². The number of alkyl halides is 1. The second-order valence-electron chi connectivity index (χ2n) is 5.55. The highest BCUT2D eigenvalue weighted by Crippen LogP contribution is 2.25. The molecule has 0 spiro atoms. The van der Waals surface area contributed by atoms with Gasteiger partial charge in [0.05, 0.1) is 6.61 Å². The van der Waals surface area contributed by atoms with Crippen LogP contribution in [0.15, 0.2) is 0 Å². The highest BCUT2D eigenvalue weighted by molar-refractivity contribution is 6.18. The van der Waals surface area contributed by atoms with Crippen molar-refractivity contribution in [2.75, 3.05) is 25.6 Å². The fourth-order valence-electron chi connectivity index (χ4n) is 2.40. The van der Waals surface area contributed by atoms with E-state index in [9.17, 15) is 0 Å². The van der Waals surface area contributed by atoms with Gasteiger partial charge in [0.2, 0.25) is 0 Å². The van der Waals surface area contributed by atoms with Gasteiger partial charge in [-0.2, -0.15) is 0 Å². The molecular weight excluding hydrogens is 234 g/mol. The Bertz CT molecular complexity index is 187. The third-order valence-corrected chi connectivity index (χ3v) is 4.00. The molecule has 17 heavy (non-hydrogen) atoms. The van der Waals surface area contributed by atoms with Crippen LogP contribution in [0.1, 0.15) is 46.0 Å². The number of halogens is 1. The molecular formula is C14H28ClNO. The van der Waals surface area contributed by atoms with Crippen LogP contribution in [0.4, 0.5) is 0 Å². The zero-order valence-electron chi connectivity index (χ0n) is 11.4. The molecule has 1 aliphatic rings. The van der Waals surface area contributed by atoms with Crippen molar-refractivity contribution < 1.29 is 4.74 Å². The number of hydrogen-bond donors (Lipinski definition) is 1. The van der Waals surface area contributed by atoms with Gasteiger partial charge in [-0.1, -0.05) is 26.7 Å². The molecule has 0 aromatic carbocycles. The van der Waals surface area contributed by atoms with Crippen LogP contribution in [-0.4, -0.2) is 31.7 Å². The Morgan fingerprint density at radius 2 is 2.00 bits per heavy atom. The smallest absolute Gasteiger partial charge is 0.0591 e. The summed E-state index contributed by atoms with van der Waals surface area (Å²) in [7, 11) is 0. The molecule has 3 heteroatoms. The van der Waals surface area contributed by atoms with E-state index in [1.807, 2.05) is 0 Å². The van der Waals surface area contributed by atoms with Crippen LogP contribution < -0.4 is 5.32 Å². The molecule has 1 N–H and O–H groups in total. The second-order valence-corrected chi connectivity index (χ2v) is 5.86. The third kappa shape index (κ3) is 6.64. The predicted octanol–water partition coefficient (Wildman–Crippen LogP) is 3.44. The Hall–Kier alpha value is 0.210. The van der Waals surface area contributed by atoms with Crippen LogP contribution in [0.2, 0.25) is 0 Å². The monoisotopic (exact) mass is 261 g/mol. The summed E-state index contributed by atoms with van der Waals surface area (Å²) in [5, 5.41) is 3.60. The third-order valence-electron chi connectivity index (χ3n) is 3.60. The summed E-state index contributed by atoms with van der Waals surface area (Å²) in [5.41, 5.74) is 0. The summed E-state index contributed by atoms with van der Waals surface area (Å²) in [6, 6.07) is 0.620. The Morgan fingerprint density at radius 1 is 1.24 bits per heavy atom. The summed E-state index contributed by atoms with van der Waals surface area (Å²) in [6.45, 7) is 7.15. The van der Waals surface area contributed by atoms with Crippen LogP contribution in [-0.2, 0) is 4.74 Å². The Kier molecular flexibility index (Phi) is 8.25. The molecule has 1 saturated carbocycles. The lowest BCUT2D eigenvalue weighted by Gasteiger charge is -2.31. The zero-order chi connectivity index (χ0) is 12.5. The summed E-state index contributed by atoms with van der Waals surface area (Å²) < 4.78 is 5.61. The Balaban J connectivity index is 2.01. The second kappa shape index (κ2) is 9.18. The maximum absolute atomic E-state index is 6.00. The first-order valence-electron chi connectivity index (χ1n) is 7.11. The van der Waals surface area contributed by atoms with E-state index in [1.165, 1.54) is 25.7 Å². The first-order valence-corrected chi connectivity index (χ1v) is 7.64. The highest BCUT2D eigenvalue weighted by Gasteiger charge is 2.23. The normalized spacial score (nSPS) is 25.4. The number of nitrogens with one attached hydrogen (secondary N) is 1. The molecule has 0 radical (unpaired) electrons. The van der Waals surface area contributed by atoms with Crippen molar-refractivity contribution in [3.8, 4) is 0 Å². The number of hydrogen-bond acceptors (Lipinski definition) is 2. The molecule has 1 rings (SSSR count). The van der Waals surface area contributed by atoms with Crippen LogP contribution in [0.3, 0.4) is 0 Å². The van der Waals surface area contributed by atoms with Crippen LogP contribution in [0.5, 0.6) is 0 Å². The fourth-order valence-corrected chi connectivity index (χ4v) is 2.77. The van der Waals surface area contributed by atoms with E-state index in [4.69, 9.17) is 16.3 Å². The summed E-state index contributed by atoms with van der Waals surface area (Å²) in [4.78, 5) is 0. The van der Waals surface area contributed by atoms with Crippen molar-refractivity contribution in [2.45, 2.75) is 52.0 Å². The van der Waals surface area contributed by atoms with Crippen LogP contribution in [0.25, 0.3) is 0 Å². The minimum atomic E-state index is 0.620. The lowest BCUT2D eigenvalue weighted by molar-refractivity contribution is 0.119. The zero-order valence-corrected chi connectivity index (χ0v) is 12.1. The summed E-state index contributed by atoms with van der Waals surface area (Å²) in [6.07, 6.45) is 6.42. The van der Waals surface area contributed by atoms with E-state index >= 15 is 0 Å². The summed E-state index contributed by atoms with van der Waals surface area (Å²) >= 11 is 6.00. The van der Waals surface area contributed by atoms with Gasteiger partial charge in [0.25, 0.3) is 0 Å². The molecule has 0 aromatic rings. The van der Waals surface area contributed by atoms with Crippen molar-refractivity contribution in [3.63, 3.8) is 0 Å². The minimum absolute atomic E-state index is 0.620. The molecule has 0 aliphatic heterocycles. The molecule has 102 valence electrons. The van der Waals surface area contributed by atoms with E-state index in [-0.39, 0.29) is 0 Å². The molecule has 0 amide bonds. The van der Waals surface area contributed by atoms with Gasteiger partial charge in [-0.15, -0.1) is 11.6 Å². The molecule has 0 saturated heterocycles. The molecule has 0 aromatic heterocycles. The molecule has 1 fully saturated rings. The van der Waals surface area contributed by atoms with Gasteiger partial charge >= 0.3 is 0 Å². The molecule has 2 atom stereocenters. The number of rotatable bonds is 8. The van der Waals surface area contributed by atoms with Crippen LogP contribution >= 0.6 is 11.6 Å². The topological polar surface area (TPSA) is 21.3 Å². The molecule has 2 nitrogen and oxygen atoms in total. The molecule has 1 aliphatic carbocycles. The SMILES string of the molecule is CC(C)CCOCCNC1CCCCC1CCl. The van der Waals surface area contributed by atoms with Crippen molar-refractivity contribution in [2.24, 2.45) is 11.8 Å². The average Bonchev–Trinajstić information content (AvgIpc) is 2.33. The minimum Gasteiger partial charge on any atom is -0.380 e. The average molecular weight is 262 g/mol. The van der Waals surface area contributed by atoms with Crippen molar-refractivity contribution in [1.29, 1.82) is 0 Å². The van der Waals surface area contributed by atoms with Gasteiger partial charge in [-0.25, -0.2) is 0 Å². The first kappa shape index (κ1) is 15.3. The van der Waals surface area contributed by atoms with Gasteiger partial charge in [-0.05, 0) is 31.1 Å². The lowest BCUT2D eigenvalue weighted by Crippen LogP contribution is -2.40. The number of ether oxygens (including phenoxy) is 1. The van der Waals surface area contributed by atoms with Crippen molar-refractivity contribution in [1.82, 2.24) is 5.32 Å². The molecule has 0 heterocycles. The fraction of sp³-hybridized carbons (Fsp3) is 1.00. The van der Waals surface area contributed by atoms with E-state index in [0.29, 0.717) is 12.0 Å². The summed E-state index contributed by atoms with van der Waals surface area (Å²) in [5.74, 6) is 2.20.